The minimum atomic E-state index is -0.510. The molecule has 150 valence electrons. The Balaban J connectivity index is 1.72. The van der Waals surface area contributed by atoms with E-state index < -0.39 is 6.10 Å². The van der Waals surface area contributed by atoms with Crippen molar-refractivity contribution in [1.29, 1.82) is 0 Å². The van der Waals surface area contributed by atoms with Crippen molar-refractivity contribution in [2.75, 3.05) is 12.4 Å². The molecule has 3 heterocycles. The summed E-state index contributed by atoms with van der Waals surface area (Å²) in [6.45, 7) is 0. The number of ether oxygens (including phenoxy) is 2. The largest absolute Gasteiger partial charge is 0.497 e. The van der Waals surface area contributed by atoms with E-state index in [0.29, 0.717) is 28.1 Å². The van der Waals surface area contributed by atoms with Gasteiger partial charge in [0, 0.05) is 41.7 Å². The number of H-pyrrole nitrogens is 1. The van der Waals surface area contributed by atoms with E-state index in [0.717, 1.165) is 36.8 Å². The lowest BCUT2D eigenvalue weighted by Crippen LogP contribution is -2.41. The van der Waals surface area contributed by atoms with Crippen LogP contribution in [0.3, 0.4) is 0 Å². The number of aryl methyl sites for hydroxylation is 1. The average Bonchev–Trinajstić information content (AvgIpc) is 3.41. The van der Waals surface area contributed by atoms with Gasteiger partial charge in [-0.1, -0.05) is 12.8 Å². The van der Waals surface area contributed by atoms with Crippen LogP contribution in [0.2, 0.25) is 0 Å². The number of hydrogen-bond acceptors (Lipinski definition) is 5. The molecule has 1 amide bonds. The fourth-order valence-corrected chi connectivity index (χ4v) is 4.46. The monoisotopic (exact) mass is 394 g/mol. The van der Waals surface area contributed by atoms with Crippen LogP contribution in [0.15, 0.2) is 29.3 Å². The van der Waals surface area contributed by atoms with Gasteiger partial charge in [-0.05, 0) is 18.9 Å². The summed E-state index contributed by atoms with van der Waals surface area (Å²) in [6.07, 6.45) is 7.11. The van der Waals surface area contributed by atoms with Crippen molar-refractivity contribution >= 4 is 22.5 Å². The lowest BCUT2D eigenvalue weighted by molar-refractivity contribution is -0.125. The SMILES string of the molecule is COc1cc2c(c(-c3cn(C)c(=O)c4[nH]ncc34)c1)OC(C1CCCC1)C(=O)N2. The molecule has 5 rings (SSSR count). The molecule has 1 unspecified atom stereocenters. The summed E-state index contributed by atoms with van der Waals surface area (Å²) in [5.41, 5.74) is 2.38. The number of rotatable bonds is 3. The molecule has 1 fully saturated rings. The Kier molecular flexibility index (Phi) is 4.08. The maximum Gasteiger partial charge on any atom is 0.276 e. The molecule has 2 aliphatic rings. The minimum Gasteiger partial charge on any atom is -0.497 e. The molecular weight excluding hydrogens is 372 g/mol. The molecule has 0 radical (unpaired) electrons. The highest BCUT2D eigenvalue weighted by molar-refractivity contribution is 6.03. The Morgan fingerprint density at radius 1 is 1.21 bits per heavy atom. The van der Waals surface area contributed by atoms with E-state index in [9.17, 15) is 9.59 Å². The Hall–Kier alpha value is -3.29. The average molecular weight is 394 g/mol. The Morgan fingerprint density at radius 2 is 2.00 bits per heavy atom. The molecular formula is C21H22N4O4. The third kappa shape index (κ3) is 2.78. The van der Waals surface area contributed by atoms with Gasteiger partial charge in [-0.3, -0.25) is 14.7 Å². The summed E-state index contributed by atoms with van der Waals surface area (Å²) in [5.74, 6) is 1.29. The summed E-state index contributed by atoms with van der Waals surface area (Å²) in [4.78, 5) is 25.2. The number of aromatic amines is 1. The van der Waals surface area contributed by atoms with Crippen LogP contribution in [0, 0.1) is 5.92 Å². The number of carbonyl (C=O) groups is 1. The molecule has 1 aromatic carbocycles. The smallest absolute Gasteiger partial charge is 0.276 e. The lowest BCUT2D eigenvalue weighted by atomic mass is 9.96. The molecule has 29 heavy (non-hydrogen) atoms. The van der Waals surface area contributed by atoms with Gasteiger partial charge in [0.15, 0.2) is 11.9 Å². The van der Waals surface area contributed by atoms with Crippen LogP contribution >= 0.6 is 0 Å². The zero-order valence-electron chi connectivity index (χ0n) is 16.3. The molecule has 1 aliphatic carbocycles. The number of fused-ring (bicyclic) bond motifs is 2. The highest BCUT2D eigenvalue weighted by Gasteiger charge is 2.37. The number of nitrogens with one attached hydrogen (secondary N) is 2. The maximum atomic E-state index is 12.7. The standard InChI is InChI=1S/C21H22N4O4/c1-25-10-15(14-9-22-24-17(14)21(25)27)13-7-12(28-2)8-16-19(13)29-18(20(26)23-16)11-5-3-4-6-11/h7-11,18H,3-6H2,1-2H3,(H,22,24)(H,23,26). The topological polar surface area (TPSA) is 98.2 Å². The molecule has 3 aromatic rings. The summed E-state index contributed by atoms with van der Waals surface area (Å²) in [6, 6.07) is 3.63. The fourth-order valence-electron chi connectivity index (χ4n) is 4.46. The molecule has 1 aliphatic heterocycles. The number of anilines is 1. The zero-order chi connectivity index (χ0) is 20.1. The number of benzene rings is 1. The second-order valence-electron chi connectivity index (χ2n) is 7.74. The van der Waals surface area contributed by atoms with Gasteiger partial charge in [0.25, 0.3) is 11.5 Å². The first-order valence-electron chi connectivity index (χ1n) is 9.79. The van der Waals surface area contributed by atoms with E-state index in [-0.39, 0.29) is 17.4 Å². The predicted octanol–water partition coefficient (Wildman–Crippen LogP) is 2.83. The van der Waals surface area contributed by atoms with Gasteiger partial charge in [0.05, 0.1) is 19.0 Å². The third-order valence-electron chi connectivity index (χ3n) is 5.96. The number of hydrogen-bond donors (Lipinski definition) is 2. The minimum absolute atomic E-state index is 0.113. The molecule has 8 heteroatoms. The molecule has 2 aromatic heterocycles. The molecule has 0 bridgehead atoms. The zero-order valence-corrected chi connectivity index (χ0v) is 16.3. The number of amides is 1. The molecule has 2 N–H and O–H groups in total. The maximum absolute atomic E-state index is 12.7. The first-order valence-corrected chi connectivity index (χ1v) is 9.79. The summed E-state index contributed by atoms with van der Waals surface area (Å²) in [5, 5.41) is 10.5. The van der Waals surface area contributed by atoms with Crippen molar-refractivity contribution in [2.24, 2.45) is 13.0 Å². The van der Waals surface area contributed by atoms with Gasteiger partial charge in [-0.25, -0.2) is 0 Å². The highest BCUT2D eigenvalue weighted by atomic mass is 16.5. The Morgan fingerprint density at radius 3 is 2.76 bits per heavy atom. The van der Waals surface area contributed by atoms with Crippen molar-refractivity contribution < 1.29 is 14.3 Å². The molecule has 1 saturated carbocycles. The molecule has 8 nitrogen and oxygen atoms in total. The number of carbonyl (C=O) groups excluding carboxylic acids is 1. The van der Waals surface area contributed by atoms with E-state index in [2.05, 4.69) is 15.5 Å². The molecule has 1 atom stereocenters. The second-order valence-corrected chi connectivity index (χ2v) is 7.74. The normalized spacial score (nSPS) is 19.1. The van der Waals surface area contributed by atoms with E-state index in [4.69, 9.17) is 9.47 Å². The van der Waals surface area contributed by atoms with Gasteiger partial charge in [-0.2, -0.15) is 5.10 Å². The van der Waals surface area contributed by atoms with Crippen LogP contribution < -0.4 is 20.3 Å². The van der Waals surface area contributed by atoms with Gasteiger partial charge >= 0.3 is 0 Å². The molecule has 0 saturated heterocycles. The Labute approximate surface area is 166 Å². The van der Waals surface area contributed by atoms with Crippen molar-refractivity contribution in [3.8, 4) is 22.6 Å². The quantitative estimate of drug-likeness (QED) is 0.712. The van der Waals surface area contributed by atoms with Gasteiger partial charge in [0.1, 0.15) is 11.3 Å². The van der Waals surface area contributed by atoms with Crippen molar-refractivity contribution in [2.45, 2.75) is 31.8 Å². The van der Waals surface area contributed by atoms with Crippen LogP contribution in [-0.2, 0) is 11.8 Å². The van der Waals surface area contributed by atoms with E-state index >= 15 is 0 Å². The molecule has 0 spiro atoms. The first kappa shape index (κ1) is 17.8. The van der Waals surface area contributed by atoms with E-state index in [1.165, 1.54) is 4.57 Å². The van der Waals surface area contributed by atoms with Gasteiger partial charge < -0.3 is 19.4 Å². The summed E-state index contributed by atoms with van der Waals surface area (Å²) < 4.78 is 13.3. The third-order valence-corrected chi connectivity index (χ3v) is 5.96. The van der Waals surface area contributed by atoms with Crippen LogP contribution in [0.5, 0.6) is 11.5 Å². The van der Waals surface area contributed by atoms with Crippen LogP contribution in [0.25, 0.3) is 22.0 Å². The van der Waals surface area contributed by atoms with Crippen LogP contribution in [-0.4, -0.2) is 33.9 Å². The summed E-state index contributed by atoms with van der Waals surface area (Å²) >= 11 is 0. The van der Waals surface area contributed by atoms with E-state index in [1.807, 2.05) is 6.07 Å². The summed E-state index contributed by atoms with van der Waals surface area (Å²) in [7, 11) is 3.27. The first-order chi connectivity index (χ1) is 14.1. The lowest BCUT2D eigenvalue weighted by Gasteiger charge is -2.31. The van der Waals surface area contributed by atoms with Crippen LogP contribution in [0.1, 0.15) is 25.7 Å². The highest BCUT2D eigenvalue weighted by Crippen LogP contribution is 2.46. The van der Waals surface area contributed by atoms with Crippen molar-refractivity contribution in [1.82, 2.24) is 14.8 Å². The van der Waals surface area contributed by atoms with Crippen LogP contribution in [0.4, 0.5) is 5.69 Å². The number of pyridine rings is 1. The number of nitrogens with zero attached hydrogens (tertiary/aromatic N) is 2. The van der Waals surface area contributed by atoms with E-state index in [1.54, 1.807) is 32.6 Å². The van der Waals surface area contributed by atoms with Crippen molar-refractivity contribution in [3.63, 3.8) is 0 Å². The number of methoxy groups -OCH3 is 1. The fraction of sp³-hybridized carbons (Fsp3) is 0.381. The second kappa shape index (κ2) is 6.65. The van der Waals surface area contributed by atoms with Crippen molar-refractivity contribution in [3.05, 3.63) is 34.9 Å². The Bertz CT molecular complexity index is 1170. The predicted molar refractivity (Wildman–Crippen MR) is 108 cm³/mol. The number of aromatic nitrogens is 3. The van der Waals surface area contributed by atoms with Gasteiger partial charge in [0.2, 0.25) is 0 Å². The van der Waals surface area contributed by atoms with Gasteiger partial charge in [-0.15, -0.1) is 0 Å².